The van der Waals surface area contributed by atoms with Crippen LogP contribution in [0.3, 0.4) is 0 Å². The molecule has 1 aliphatic heterocycles. The van der Waals surface area contributed by atoms with Crippen molar-refractivity contribution in [3.05, 3.63) is 60.3 Å². The number of hydrogen-bond donors (Lipinski definition) is 1. The molecule has 1 aromatic carbocycles. The van der Waals surface area contributed by atoms with Crippen molar-refractivity contribution >= 4 is 0 Å². The summed E-state index contributed by atoms with van der Waals surface area (Å²) in [6.07, 6.45) is 7.38. The van der Waals surface area contributed by atoms with Crippen LogP contribution in [0.5, 0.6) is 17.4 Å². The SMILES string of the molecule is COc1ccccc1Oc1nccnc1[C@H]1CCCN(Cc2ccn[nH]2)C1. The molecule has 7 heteroatoms. The molecule has 0 saturated carbocycles. The molecule has 0 bridgehead atoms. The number of methoxy groups -OCH3 is 1. The molecule has 1 atom stereocenters. The number of nitrogens with one attached hydrogen (secondary N) is 1. The lowest BCUT2D eigenvalue weighted by atomic mass is 9.94. The predicted octanol–water partition coefficient (Wildman–Crippen LogP) is 3.38. The Morgan fingerprint density at radius 1 is 1.11 bits per heavy atom. The lowest BCUT2D eigenvalue weighted by Gasteiger charge is -2.32. The molecule has 140 valence electrons. The average molecular weight is 365 g/mol. The number of nitrogens with zero attached hydrogens (tertiary/aromatic N) is 4. The highest BCUT2D eigenvalue weighted by Gasteiger charge is 2.26. The van der Waals surface area contributed by atoms with Gasteiger partial charge in [0.05, 0.1) is 7.11 Å². The van der Waals surface area contributed by atoms with Gasteiger partial charge in [-0.2, -0.15) is 5.10 Å². The van der Waals surface area contributed by atoms with E-state index >= 15 is 0 Å². The van der Waals surface area contributed by atoms with Crippen molar-refractivity contribution in [2.75, 3.05) is 20.2 Å². The minimum atomic E-state index is 0.278. The number of ether oxygens (including phenoxy) is 2. The number of piperidine rings is 1. The van der Waals surface area contributed by atoms with Crippen molar-refractivity contribution in [2.45, 2.75) is 25.3 Å². The Balaban J connectivity index is 1.53. The van der Waals surface area contributed by atoms with Crippen molar-refractivity contribution in [3.8, 4) is 17.4 Å². The van der Waals surface area contributed by atoms with Gasteiger partial charge in [0.15, 0.2) is 11.5 Å². The van der Waals surface area contributed by atoms with Crippen LogP contribution in [-0.4, -0.2) is 45.3 Å². The van der Waals surface area contributed by atoms with Gasteiger partial charge in [-0.1, -0.05) is 12.1 Å². The number of likely N-dealkylation sites (tertiary alicyclic amines) is 1. The zero-order valence-electron chi connectivity index (χ0n) is 15.3. The Kier molecular flexibility index (Phi) is 5.29. The molecule has 3 heterocycles. The third-order valence-corrected chi connectivity index (χ3v) is 4.81. The Morgan fingerprint density at radius 2 is 1.96 bits per heavy atom. The van der Waals surface area contributed by atoms with E-state index in [9.17, 15) is 0 Å². The molecular formula is C20H23N5O2. The summed E-state index contributed by atoms with van der Waals surface area (Å²) in [5.74, 6) is 2.15. The predicted molar refractivity (Wildman–Crippen MR) is 101 cm³/mol. The molecule has 27 heavy (non-hydrogen) atoms. The summed E-state index contributed by atoms with van der Waals surface area (Å²) in [4.78, 5) is 11.5. The van der Waals surface area contributed by atoms with E-state index in [-0.39, 0.29) is 5.92 Å². The highest BCUT2D eigenvalue weighted by Crippen LogP contribution is 2.35. The van der Waals surface area contributed by atoms with Gasteiger partial charge in [0.25, 0.3) is 0 Å². The van der Waals surface area contributed by atoms with Crippen LogP contribution in [0.25, 0.3) is 0 Å². The van der Waals surface area contributed by atoms with Gasteiger partial charge < -0.3 is 9.47 Å². The summed E-state index contributed by atoms with van der Waals surface area (Å²) >= 11 is 0. The summed E-state index contributed by atoms with van der Waals surface area (Å²) in [6, 6.07) is 9.60. The van der Waals surface area contributed by atoms with Crippen molar-refractivity contribution in [1.82, 2.24) is 25.1 Å². The largest absolute Gasteiger partial charge is 0.493 e. The van der Waals surface area contributed by atoms with Gasteiger partial charge in [-0.15, -0.1) is 0 Å². The molecule has 4 rings (SSSR count). The Hall–Kier alpha value is -2.93. The smallest absolute Gasteiger partial charge is 0.241 e. The third kappa shape index (κ3) is 4.09. The number of aromatic nitrogens is 4. The van der Waals surface area contributed by atoms with Crippen LogP contribution in [0.4, 0.5) is 0 Å². The molecule has 0 amide bonds. The van der Waals surface area contributed by atoms with Crippen molar-refractivity contribution in [1.29, 1.82) is 0 Å². The third-order valence-electron chi connectivity index (χ3n) is 4.81. The fourth-order valence-corrected chi connectivity index (χ4v) is 3.54. The second kappa shape index (κ2) is 8.18. The highest BCUT2D eigenvalue weighted by atomic mass is 16.5. The first-order chi connectivity index (χ1) is 13.3. The number of hydrogen-bond acceptors (Lipinski definition) is 6. The summed E-state index contributed by atoms with van der Waals surface area (Å²) in [6.45, 7) is 2.85. The van der Waals surface area contributed by atoms with E-state index < -0.39 is 0 Å². The molecule has 1 fully saturated rings. The second-order valence-corrected chi connectivity index (χ2v) is 6.66. The number of benzene rings is 1. The maximum Gasteiger partial charge on any atom is 0.241 e. The van der Waals surface area contributed by atoms with Crippen molar-refractivity contribution in [3.63, 3.8) is 0 Å². The zero-order chi connectivity index (χ0) is 18.5. The van der Waals surface area contributed by atoms with E-state index in [1.807, 2.05) is 30.3 Å². The standard InChI is InChI=1S/C20H23N5O2/c1-26-17-6-2-3-7-18(17)27-20-19(21-10-11-22-20)15-5-4-12-25(13-15)14-16-8-9-23-24-16/h2-3,6-11,15H,4-5,12-14H2,1H3,(H,23,24)/t15-/m0/s1. The molecule has 3 aromatic rings. The molecule has 1 N–H and O–H groups in total. The molecule has 7 nitrogen and oxygen atoms in total. The fraction of sp³-hybridized carbons (Fsp3) is 0.350. The van der Waals surface area contributed by atoms with E-state index in [0.29, 0.717) is 17.4 Å². The van der Waals surface area contributed by atoms with Crippen LogP contribution in [0.2, 0.25) is 0 Å². The monoisotopic (exact) mass is 365 g/mol. The molecule has 2 aromatic heterocycles. The summed E-state index contributed by atoms with van der Waals surface area (Å²) in [5.41, 5.74) is 2.03. The van der Waals surface area contributed by atoms with E-state index in [0.717, 1.165) is 43.9 Å². The van der Waals surface area contributed by atoms with E-state index in [2.05, 4.69) is 25.1 Å². The van der Waals surface area contributed by atoms with Crippen LogP contribution in [0, 0.1) is 0 Å². The van der Waals surface area contributed by atoms with Gasteiger partial charge in [0, 0.05) is 43.3 Å². The van der Waals surface area contributed by atoms with Gasteiger partial charge in [-0.25, -0.2) is 4.98 Å². The normalized spacial score (nSPS) is 17.6. The van der Waals surface area contributed by atoms with Gasteiger partial charge in [-0.3, -0.25) is 15.0 Å². The minimum Gasteiger partial charge on any atom is -0.493 e. The topological polar surface area (TPSA) is 76.2 Å². The van der Waals surface area contributed by atoms with Crippen LogP contribution < -0.4 is 9.47 Å². The highest BCUT2D eigenvalue weighted by molar-refractivity contribution is 5.42. The Morgan fingerprint density at radius 3 is 2.78 bits per heavy atom. The number of rotatable bonds is 6. The number of H-pyrrole nitrogens is 1. The molecular weight excluding hydrogens is 342 g/mol. The Labute approximate surface area is 158 Å². The molecule has 0 spiro atoms. The van der Waals surface area contributed by atoms with Gasteiger partial charge in [-0.05, 0) is 37.6 Å². The fourth-order valence-electron chi connectivity index (χ4n) is 3.54. The summed E-state index contributed by atoms with van der Waals surface area (Å²) in [5, 5.41) is 7.07. The van der Waals surface area contributed by atoms with Crippen molar-refractivity contribution < 1.29 is 9.47 Å². The molecule has 1 saturated heterocycles. The Bertz CT molecular complexity index is 868. The molecule has 0 aliphatic carbocycles. The van der Waals surface area contributed by atoms with Crippen LogP contribution in [0.1, 0.15) is 30.1 Å². The maximum atomic E-state index is 6.09. The van der Waals surface area contributed by atoms with Gasteiger partial charge in [0.1, 0.15) is 5.69 Å². The first kappa shape index (κ1) is 17.5. The average Bonchev–Trinajstić information content (AvgIpc) is 3.22. The molecule has 0 unspecified atom stereocenters. The second-order valence-electron chi connectivity index (χ2n) is 6.66. The van der Waals surface area contributed by atoms with Gasteiger partial charge in [0.2, 0.25) is 5.88 Å². The van der Waals surface area contributed by atoms with Crippen LogP contribution >= 0.6 is 0 Å². The van der Waals surface area contributed by atoms with Crippen LogP contribution in [-0.2, 0) is 6.54 Å². The lowest BCUT2D eigenvalue weighted by Crippen LogP contribution is -2.34. The quantitative estimate of drug-likeness (QED) is 0.722. The minimum absolute atomic E-state index is 0.278. The molecule has 1 aliphatic rings. The summed E-state index contributed by atoms with van der Waals surface area (Å²) < 4.78 is 11.5. The molecule has 0 radical (unpaired) electrons. The number of para-hydroxylation sites is 2. The first-order valence-corrected chi connectivity index (χ1v) is 9.16. The van der Waals surface area contributed by atoms with E-state index in [1.165, 1.54) is 0 Å². The van der Waals surface area contributed by atoms with Crippen molar-refractivity contribution in [2.24, 2.45) is 0 Å². The van der Waals surface area contributed by atoms with E-state index in [4.69, 9.17) is 9.47 Å². The summed E-state index contributed by atoms with van der Waals surface area (Å²) in [7, 11) is 1.63. The lowest BCUT2D eigenvalue weighted by molar-refractivity contribution is 0.194. The van der Waals surface area contributed by atoms with Crippen LogP contribution in [0.15, 0.2) is 48.9 Å². The number of aromatic amines is 1. The first-order valence-electron chi connectivity index (χ1n) is 9.16. The van der Waals surface area contributed by atoms with E-state index in [1.54, 1.807) is 25.7 Å². The maximum absolute atomic E-state index is 6.09. The zero-order valence-corrected chi connectivity index (χ0v) is 15.3. The van der Waals surface area contributed by atoms with Gasteiger partial charge >= 0.3 is 0 Å².